The predicted octanol–water partition coefficient (Wildman–Crippen LogP) is 3.88. The monoisotopic (exact) mass is 317 g/mol. The van der Waals surface area contributed by atoms with Crippen LogP contribution >= 0.6 is 0 Å². The number of H-pyrrole nitrogens is 1. The molecule has 4 nitrogen and oxygen atoms in total. The van der Waals surface area contributed by atoms with Crippen molar-refractivity contribution < 1.29 is 0 Å². The molecule has 0 radical (unpaired) electrons. The van der Waals surface area contributed by atoms with E-state index in [1.165, 1.54) is 63.4 Å². The molecule has 0 aliphatic heterocycles. The van der Waals surface area contributed by atoms with Crippen LogP contribution in [0.15, 0.2) is 23.0 Å². The Morgan fingerprint density at radius 2 is 1.57 bits per heavy atom. The summed E-state index contributed by atoms with van der Waals surface area (Å²) in [6.45, 7) is 0.836. The number of aromatic nitrogens is 2. The molecule has 1 aromatic carbocycles. The first kappa shape index (κ1) is 17.8. The highest BCUT2D eigenvalue weighted by molar-refractivity contribution is 5.75. The number of benzene rings is 1. The first-order valence-corrected chi connectivity index (χ1v) is 9.10. The van der Waals surface area contributed by atoms with E-state index in [1.807, 2.05) is 13.1 Å². The van der Waals surface area contributed by atoms with Gasteiger partial charge >= 0.3 is 5.69 Å². The van der Waals surface area contributed by atoms with Crippen LogP contribution < -0.4 is 11.4 Å². The smallest absolute Gasteiger partial charge is 0.326 e. The summed E-state index contributed by atoms with van der Waals surface area (Å²) < 4.78 is 1.68. The van der Waals surface area contributed by atoms with Crippen molar-refractivity contribution in [2.75, 3.05) is 6.54 Å². The fraction of sp³-hybridized carbons (Fsp3) is 0.632. The van der Waals surface area contributed by atoms with Gasteiger partial charge in [0.15, 0.2) is 0 Å². The minimum Gasteiger partial charge on any atom is -0.330 e. The van der Waals surface area contributed by atoms with Gasteiger partial charge in [-0.1, -0.05) is 51.0 Å². The van der Waals surface area contributed by atoms with Crippen LogP contribution in [0, 0.1) is 0 Å². The second-order valence-corrected chi connectivity index (χ2v) is 6.56. The van der Waals surface area contributed by atoms with Crippen LogP contribution in [0.25, 0.3) is 11.0 Å². The Bertz CT molecular complexity index is 642. The van der Waals surface area contributed by atoms with Crippen molar-refractivity contribution in [1.82, 2.24) is 9.55 Å². The molecule has 0 bridgehead atoms. The molecular formula is C19H31N3O. The van der Waals surface area contributed by atoms with Crippen molar-refractivity contribution in [1.29, 1.82) is 0 Å². The third-order valence-corrected chi connectivity index (χ3v) is 4.64. The molecule has 0 spiro atoms. The first-order valence-electron chi connectivity index (χ1n) is 9.10. The van der Waals surface area contributed by atoms with E-state index in [4.69, 9.17) is 5.73 Å². The third-order valence-electron chi connectivity index (χ3n) is 4.64. The number of aryl methyl sites for hydroxylation is 2. The Balaban J connectivity index is 1.61. The van der Waals surface area contributed by atoms with Gasteiger partial charge in [0.05, 0.1) is 11.0 Å². The molecule has 1 heterocycles. The molecule has 0 atom stereocenters. The molecule has 0 amide bonds. The Kier molecular flexibility index (Phi) is 7.40. The zero-order chi connectivity index (χ0) is 16.5. The lowest BCUT2D eigenvalue weighted by atomic mass is 10.0. The molecule has 3 N–H and O–H groups in total. The van der Waals surface area contributed by atoms with E-state index in [0.717, 1.165) is 24.0 Å². The summed E-state index contributed by atoms with van der Waals surface area (Å²) in [5.41, 5.74) is 8.71. The average molecular weight is 317 g/mol. The van der Waals surface area contributed by atoms with Gasteiger partial charge in [0.25, 0.3) is 0 Å². The van der Waals surface area contributed by atoms with Gasteiger partial charge in [0, 0.05) is 7.05 Å². The van der Waals surface area contributed by atoms with Crippen LogP contribution in [0.2, 0.25) is 0 Å². The van der Waals surface area contributed by atoms with E-state index in [2.05, 4.69) is 17.1 Å². The van der Waals surface area contributed by atoms with Crippen LogP contribution in [-0.2, 0) is 13.5 Å². The molecule has 128 valence electrons. The zero-order valence-electron chi connectivity index (χ0n) is 14.4. The number of unbranched alkanes of at least 4 members (excludes halogenated alkanes) is 8. The summed E-state index contributed by atoms with van der Waals surface area (Å²) in [6, 6.07) is 6.30. The van der Waals surface area contributed by atoms with Crippen molar-refractivity contribution in [3.05, 3.63) is 34.2 Å². The summed E-state index contributed by atoms with van der Waals surface area (Å²) in [6.07, 6.45) is 12.9. The minimum atomic E-state index is -0.0383. The van der Waals surface area contributed by atoms with Crippen LogP contribution in [0.5, 0.6) is 0 Å². The van der Waals surface area contributed by atoms with E-state index in [-0.39, 0.29) is 5.69 Å². The summed E-state index contributed by atoms with van der Waals surface area (Å²) in [5, 5.41) is 0. The summed E-state index contributed by atoms with van der Waals surface area (Å²) >= 11 is 0. The number of rotatable bonds is 11. The van der Waals surface area contributed by atoms with Gasteiger partial charge in [0.2, 0.25) is 0 Å². The largest absolute Gasteiger partial charge is 0.330 e. The standard InChI is InChI=1S/C19H31N3O/c1-22-18-15-16(12-13-17(18)21-19(22)23)11-9-7-5-3-2-4-6-8-10-14-20/h12-13,15H,2-11,14,20H2,1H3,(H,21,23). The number of nitrogens with zero attached hydrogens (tertiary/aromatic N) is 1. The Morgan fingerprint density at radius 1 is 0.957 bits per heavy atom. The molecule has 0 fully saturated rings. The zero-order valence-corrected chi connectivity index (χ0v) is 14.4. The lowest BCUT2D eigenvalue weighted by Crippen LogP contribution is -2.11. The quantitative estimate of drug-likeness (QED) is 0.618. The van der Waals surface area contributed by atoms with Gasteiger partial charge < -0.3 is 10.7 Å². The summed E-state index contributed by atoms with van der Waals surface area (Å²) in [7, 11) is 1.82. The van der Waals surface area contributed by atoms with Crippen LogP contribution in [0.3, 0.4) is 0 Å². The van der Waals surface area contributed by atoms with Crippen molar-refractivity contribution in [2.24, 2.45) is 12.8 Å². The van der Waals surface area contributed by atoms with Gasteiger partial charge in [0.1, 0.15) is 0 Å². The average Bonchev–Trinajstić information content (AvgIpc) is 2.84. The van der Waals surface area contributed by atoms with Crippen LogP contribution in [-0.4, -0.2) is 16.1 Å². The molecule has 0 unspecified atom stereocenters. The van der Waals surface area contributed by atoms with Gasteiger partial charge in [-0.05, 0) is 43.5 Å². The molecule has 1 aromatic heterocycles. The van der Waals surface area contributed by atoms with E-state index < -0.39 is 0 Å². The molecule has 2 aromatic rings. The molecular weight excluding hydrogens is 286 g/mol. The SMILES string of the molecule is Cn1c(=O)[nH]c2ccc(CCCCCCCCCCCN)cc21. The lowest BCUT2D eigenvalue weighted by Gasteiger charge is -2.04. The van der Waals surface area contributed by atoms with E-state index in [9.17, 15) is 4.79 Å². The van der Waals surface area contributed by atoms with Crippen molar-refractivity contribution in [3.8, 4) is 0 Å². The molecule has 0 aliphatic carbocycles. The number of nitrogens with two attached hydrogens (primary N) is 1. The molecule has 0 saturated carbocycles. The molecule has 2 rings (SSSR count). The summed E-state index contributed by atoms with van der Waals surface area (Å²) in [4.78, 5) is 14.5. The highest BCUT2D eigenvalue weighted by Crippen LogP contribution is 2.15. The molecule has 23 heavy (non-hydrogen) atoms. The number of hydrogen-bond donors (Lipinski definition) is 2. The van der Waals surface area contributed by atoms with Crippen LogP contribution in [0.4, 0.5) is 0 Å². The predicted molar refractivity (Wildman–Crippen MR) is 97.9 cm³/mol. The van der Waals surface area contributed by atoms with Gasteiger partial charge in [-0.3, -0.25) is 4.57 Å². The van der Waals surface area contributed by atoms with Crippen LogP contribution in [0.1, 0.15) is 63.4 Å². The van der Waals surface area contributed by atoms with E-state index >= 15 is 0 Å². The number of nitrogens with one attached hydrogen (secondary N) is 1. The maximum atomic E-state index is 11.6. The van der Waals surface area contributed by atoms with E-state index in [0.29, 0.717) is 0 Å². The summed E-state index contributed by atoms with van der Waals surface area (Å²) in [5.74, 6) is 0. The van der Waals surface area contributed by atoms with Crippen molar-refractivity contribution in [3.63, 3.8) is 0 Å². The van der Waals surface area contributed by atoms with Crippen molar-refractivity contribution in [2.45, 2.75) is 64.2 Å². The van der Waals surface area contributed by atoms with E-state index in [1.54, 1.807) is 4.57 Å². The topological polar surface area (TPSA) is 63.8 Å². The maximum Gasteiger partial charge on any atom is 0.326 e. The number of aromatic amines is 1. The third kappa shape index (κ3) is 5.54. The number of hydrogen-bond acceptors (Lipinski definition) is 2. The molecule has 0 saturated heterocycles. The second kappa shape index (κ2) is 9.56. The Morgan fingerprint density at radius 3 is 2.22 bits per heavy atom. The fourth-order valence-electron chi connectivity index (χ4n) is 3.14. The molecule has 0 aliphatic rings. The second-order valence-electron chi connectivity index (χ2n) is 6.56. The van der Waals surface area contributed by atoms with Gasteiger partial charge in [-0.25, -0.2) is 4.79 Å². The highest BCUT2D eigenvalue weighted by atomic mass is 16.1. The lowest BCUT2D eigenvalue weighted by molar-refractivity contribution is 0.560. The normalized spacial score (nSPS) is 11.4. The van der Waals surface area contributed by atoms with Gasteiger partial charge in [-0.2, -0.15) is 0 Å². The number of imidazole rings is 1. The maximum absolute atomic E-state index is 11.6. The van der Waals surface area contributed by atoms with Crippen molar-refractivity contribution >= 4 is 11.0 Å². The Hall–Kier alpha value is -1.55. The van der Waals surface area contributed by atoms with Gasteiger partial charge in [-0.15, -0.1) is 0 Å². The number of fused-ring (bicyclic) bond motifs is 1. The first-order chi connectivity index (χ1) is 11.2. The fourth-order valence-corrected chi connectivity index (χ4v) is 3.14. The molecule has 4 heteroatoms. The highest BCUT2D eigenvalue weighted by Gasteiger charge is 2.03. The minimum absolute atomic E-state index is 0.0383. The Labute approximate surface area is 139 Å².